The van der Waals surface area contributed by atoms with Crippen LogP contribution < -0.4 is 0 Å². The molecule has 0 aromatic carbocycles. The smallest absolute Gasteiger partial charge is 0.0626 e. The minimum atomic E-state index is -0.598. The average molecular weight is 373 g/mol. The molecule has 3 fully saturated rings. The van der Waals surface area contributed by atoms with Crippen LogP contribution in [-0.4, -0.2) is 21.9 Å². The Morgan fingerprint density at radius 3 is 2.63 bits per heavy atom. The lowest BCUT2D eigenvalue weighted by molar-refractivity contribution is 0.0837. The van der Waals surface area contributed by atoms with Gasteiger partial charge in [-0.2, -0.15) is 0 Å². The maximum atomic E-state index is 9.91. The molecule has 0 aromatic heterocycles. The Hall–Kier alpha value is -0.860. The maximum Gasteiger partial charge on any atom is 0.0626 e. The summed E-state index contributed by atoms with van der Waals surface area (Å²) in [5.74, 6) is 1.51. The minimum absolute atomic E-state index is 0.119. The highest BCUT2D eigenvalue weighted by atomic mass is 16.3. The van der Waals surface area contributed by atoms with Gasteiger partial charge in [0, 0.05) is 0 Å². The van der Waals surface area contributed by atoms with Crippen LogP contribution in [0.15, 0.2) is 35.5 Å². The lowest BCUT2D eigenvalue weighted by Crippen LogP contribution is -2.33. The number of hydrogen-bond acceptors (Lipinski definition) is 2. The third kappa shape index (κ3) is 5.35. The summed E-state index contributed by atoms with van der Waals surface area (Å²) in [4.78, 5) is 0. The molecule has 0 amide bonds. The quantitative estimate of drug-likeness (QED) is 0.573. The molecule has 3 aliphatic carbocycles. The Balaban J connectivity index is 1.64. The molecule has 2 nitrogen and oxygen atoms in total. The summed E-state index contributed by atoms with van der Waals surface area (Å²) in [5.41, 5.74) is 2.95. The molecule has 0 aliphatic heterocycles. The molecule has 0 spiro atoms. The number of fused-ring (bicyclic) bond motifs is 1. The summed E-state index contributed by atoms with van der Waals surface area (Å²) in [6.07, 6.45) is 21.8. The molecule has 2 unspecified atom stereocenters. The van der Waals surface area contributed by atoms with Crippen LogP contribution in [0.1, 0.15) is 91.4 Å². The summed E-state index contributed by atoms with van der Waals surface area (Å²) >= 11 is 0. The van der Waals surface area contributed by atoms with Crippen LogP contribution in [0.2, 0.25) is 0 Å². The molecular weight excluding hydrogens is 332 g/mol. The molecule has 2 heteroatoms. The van der Waals surface area contributed by atoms with Gasteiger partial charge in [-0.25, -0.2) is 0 Å². The van der Waals surface area contributed by atoms with E-state index in [9.17, 15) is 10.2 Å². The molecule has 0 bridgehead atoms. The molecule has 27 heavy (non-hydrogen) atoms. The summed E-state index contributed by atoms with van der Waals surface area (Å²) in [5, 5.41) is 19.8. The predicted octanol–water partition coefficient (Wildman–Crippen LogP) is 6.10. The van der Waals surface area contributed by atoms with Gasteiger partial charge in [0.1, 0.15) is 0 Å². The predicted molar refractivity (Wildman–Crippen MR) is 113 cm³/mol. The van der Waals surface area contributed by atoms with Gasteiger partial charge in [-0.1, -0.05) is 42.4 Å². The first-order chi connectivity index (χ1) is 12.8. The fourth-order valence-corrected chi connectivity index (χ4v) is 5.81. The van der Waals surface area contributed by atoms with Gasteiger partial charge in [-0.15, -0.1) is 0 Å². The van der Waals surface area contributed by atoms with Crippen LogP contribution in [0, 0.1) is 17.3 Å². The normalized spacial score (nSPS) is 38.0. The van der Waals surface area contributed by atoms with E-state index in [4.69, 9.17) is 0 Å². The number of allylic oxidation sites excluding steroid dienone is 4. The summed E-state index contributed by atoms with van der Waals surface area (Å²) in [7, 11) is 0. The van der Waals surface area contributed by atoms with Gasteiger partial charge in [-0.3, -0.25) is 0 Å². The highest BCUT2D eigenvalue weighted by molar-refractivity contribution is 5.25. The molecule has 0 aromatic rings. The van der Waals surface area contributed by atoms with Gasteiger partial charge in [0.2, 0.25) is 0 Å². The Labute approximate surface area is 166 Å². The third-order valence-corrected chi connectivity index (χ3v) is 7.43. The monoisotopic (exact) mass is 372 g/mol. The van der Waals surface area contributed by atoms with Crippen molar-refractivity contribution in [1.29, 1.82) is 0 Å². The second-order valence-electron chi connectivity index (χ2n) is 10.2. The van der Waals surface area contributed by atoms with Crippen LogP contribution in [0.5, 0.6) is 0 Å². The number of hydrogen-bond donors (Lipinski definition) is 2. The number of aliphatic hydroxyl groups excluding tert-OH is 1. The van der Waals surface area contributed by atoms with E-state index in [0.717, 1.165) is 50.4 Å². The lowest BCUT2D eigenvalue weighted by Gasteiger charge is -2.42. The van der Waals surface area contributed by atoms with E-state index in [1.54, 1.807) is 5.57 Å². The zero-order valence-electron chi connectivity index (χ0n) is 17.7. The van der Waals surface area contributed by atoms with Gasteiger partial charge in [0.25, 0.3) is 0 Å². The molecule has 3 saturated carbocycles. The van der Waals surface area contributed by atoms with E-state index in [2.05, 4.69) is 31.2 Å². The Morgan fingerprint density at radius 1 is 1.07 bits per heavy atom. The third-order valence-electron chi connectivity index (χ3n) is 7.43. The van der Waals surface area contributed by atoms with Crippen molar-refractivity contribution in [3.05, 3.63) is 35.5 Å². The topological polar surface area (TPSA) is 40.5 Å². The number of aliphatic hydroxyl groups is 2. The van der Waals surface area contributed by atoms with E-state index in [1.807, 2.05) is 13.8 Å². The van der Waals surface area contributed by atoms with Crippen molar-refractivity contribution >= 4 is 0 Å². The SMILES string of the molecule is CC(C)(O)C/C=C/CC1CCC2/C(=C/C=C3/CCC[C@H](O)C3)CCC[C@]12C. The van der Waals surface area contributed by atoms with E-state index >= 15 is 0 Å². The molecule has 3 aliphatic rings. The van der Waals surface area contributed by atoms with Crippen molar-refractivity contribution in [1.82, 2.24) is 0 Å². The van der Waals surface area contributed by atoms with Crippen molar-refractivity contribution in [2.75, 3.05) is 0 Å². The molecule has 2 N–H and O–H groups in total. The maximum absolute atomic E-state index is 9.91. The molecule has 4 atom stereocenters. The first kappa shape index (κ1) is 20.9. The van der Waals surface area contributed by atoms with E-state index < -0.39 is 5.60 Å². The zero-order chi connectivity index (χ0) is 19.5. The summed E-state index contributed by atoms with van der Waals surface area (Å²) < 4.78 is 0. The van der Waals surface area contributed by atoms with E-state index in [0.29, 0.717) is 5.41 Å². The second-order valence-corrected chi connectivity index (χ2v) is 10.2. The highest BCUT2D eigenvalue weighted by Gasteiger charge is 2.48. The van der Waals surface area contributed by atoms with E-state index in [1.165, 1.54) is 37.7 Å². The van der Waals surface area contributed by atoms with Crippen LogP contribution >= 0.6 is 0 Å². The average Bonchev–Trinajstić information content (AvgIpc) is 2.93. The van der Waals surface area contributed by atoms with Gasteiger partial charge in [-0.05, 0) is 102 Å². The van der Waals surface area contributed by atoms with Gasteiger partial charge >= 0.3 is 0 Å². The van der Waals surface area contributed by atoms with Gasteiger partial charge in [0.05, 0.1) is 11.7 Å². The van der Waals surface area contributed by atoms with Gasteiger partial charge in [0.15, 0.2) is 0 Å². The van der Waals surface area contributed by atoms with Crippen LogP contribution in [0.3, 0.4) is 0 Å². The largest absolute Gasteiger partial charge is 0.393 e. The Kier molecular flexibility index (Phi) is 6.69. The highest BCUT2D eigenvalue weighted by Crippen LogP contribution is 2.58. The van der Waals surface area contributed by atoms with Crippen molar-refractivity contribution in [2.24, 2.45) is 17.3 Å². The first-order valence-electron chi connectivity index (χ1n) is 11.2. The summed E-state index contributed by atoms with van der Waals surface area (Å²) in [6.45, 7) is 6.29. The first-order valence-corrected chi connectivity index (χ1v) is 11.2. The Bertz CT molecular complexity index is 592. The van der Waals surface area contributed by atoms with Crippen molar-refractivity contribution < 1.29 is 10.2 Å². The second kappa shape index (κ2) is 8.66. The molecule has 152 valence electrons. The molecule has 3 rings (SSSR count). The molecule has 0 heterocycles. The van der Waals surface area contributed by atoms with Crippen LogP contribution in [0.4, 0.5) is 0 Å². The van der Waals surface area contributed by atoms with Crippen molar-refractivity contribution in [2.45, 2.75) is 103 Å². The molecule has 0 radical (unpaired) electrons. The van der Waals surface area contributed by atoms with E-state index in [-0.39, 0.29) is 6.10 Å². The number of rotatable bonds is 5. The fourth-order valence-electron chi connectivity index (χ4n) is 5.81. The standard InChI is InChI=1S/C25H40O2/c1-24(2,27)16-5-4-10-21-14-15-23-20(9-7-17-25(21,23)3)13-12-19-8-6-11-22(26)18-19/h4-5,12-13,21-23,26-27H,6-11,14-18H2,1-3H3/b5-4+,19-12-,20-13+/t21?,22-,23?,25+/m0/s1. The lowest BCUT2D eigenvalue weighted by atomic mass is 9.63. The van der Waals surface area contributed by atoms with Gasteiger partial charge < -0.3 is 10.2 Å². The molecular formula is C25H40O2. The van der Waals surface area contributed by atoms with Crippen LogP contribution in [0.25, 0.3) is 0 Å². The zero-order valence-corrected chi connectivity index (χ0v) is 17.7. The summed E-state index contributed by atoms with van der Waals surface area (Å²) in [6, 6.07) is 0. The van der Waals surface area contributed by atoms with Crippen molar-refractivity contribution in [3.63, 3.8) is 0 Å². The van der Waals surface area contributed by atoms with Crippen molar-refractivity contribution in [3.8, 4) is 0 Å². The molecule has 0 saturated heterocycles. The Morgan fingerprint density at radius 2 is 1.89 bits per heavy atom. The minimum Gasteiger partial charge on any atom is -0.393 e. The van der Waals surface area contributed by atoms with Crippen LogP contribution in [-0.2, 0) is 0 Å². The fraction of sp³-hybridized carbons (Fsp3) is 0.760.